The lowest BCUT2D eigenvalue weighted by Crippen LogP contribution is -2.38. The summed E-state index contributed by atoms with van der Waals surface area (Å²) >= 11 is 1.49. The van der Waals surface area contributed by atoms with Crippen molar-refractivity contribution in [3.8, 4) is 0 Å². The second-order valence-corrected chi connectivity index (χ2v) is 10.6. The number of Topliss-reactive ketones (excluding diaryl/α,β-unsaturated/α-hetero) is 1. The summed E-state index contributed by atoms with van der Waals surface area (Å²) in [5.41, 5.74) is 3.92. The molecule has 1 saturated heterocycles. The van der Waals surface area contributed by atoms with Crippen LogP contribution in [0, 0.1) is 5.92 Å². The monoisotopic (exact) mass is 508 g/mol. The van der Waals surface area contributed by atoms with Crippen molar-refractivity contribution < 1.29 is 14.3 Å². The Hall–Kier alpha value is -3.11. The van der Waals surface area contributed by atoms with Gasteiger partial charge in [0.1, 0.15) is 27.8 Å². The van der Waals surface area contributed by atoms with Crippen molar-refractivity contribution in [2.24, 2.45) is 5.92 Å². The largest absolute Gasteiger partial charge is 0.381 e. The molecule has 1 amide bonds. The highest BCUT2D eigenvalue weighted by molar-refractivity contribution is 7.16. The van der Waals surface area contributed by atoms with Gasteiger partial charge in [0.2, 0.25) is 0 Å². The van der Waals surface area contributed by atoms with E-state index >= 15 is 0 Å². The highest BCUT2D eigenvalue weighted by Gasteiger charge is 2.25. The summed E-state index contributed by atoms with van der Waals surface area (Å²) < 4.78 is 5.50. The lowest BCUT2D eigenvalue weighted by molar-refractivity contribution is -0.118. The molecule has 3 aromatic rings. The Labute approximate surface area is 214 Å². The van der Waals surface area contributed by atoms with Gasteiger partial charge in [-0.3, -0.25) is 4.79 Å². The van der Waals surface area contributed by atoms with E-state index in [2.05, 4.69) is 30.9 Å². The van der Waals surface area contributed by atoms with Gasteiger partial charge < -0.3 is 25.5 Å². The van der Waals surface area contributed by atoms with Crippen LogP contribution in [0.1, 0.15) is 62.2 Å². The van der Waals surface area contributed by atoms with Crippen molar-refractivity contribution in [2.75, 3.05) is 23.8 Å². The molecule has 0 unspecified atom stereocenters. The zero-order valence-electron chi connectivity index (χ0n) is 20.5. The van der Waals surface area contributed by atoms with Gasteiger partial charge in [-0.15, -0.1) is 11.3 Å². The Kier molecular flexibility index (Phi) is 7.72. The van der Waals surface area contributed by atoms with Crippen LogP contribution in [-0.4, -0.2) is 51.9 Å². The normalized spacial score (nSPS) is 20.7. The van der Waals surface area contributed by atoms with Gasteiger partial charge in [-0.05, 0) is 63.5 Å². The minimum absolute atomic E-state index is 0.116. The van der Waals surface area contributed by atoms with Crippen molar-refractivity contribution in [2.45, 2.75) is 64.0 Å². The van der Waals surface area contributed by atoms with E-state index in [9.17, 15) is 9.59 Å². The Balaban J connectivity index is 1.31. The molecule has 2 aliphatic rings. The van der Waals surface area contributed by atoms with Gasteiger partial charge in [-0.25, -0.2) is 15.0 Å². The van der Waals surface area contributed by atoms with Gasteiger partial charge in [-0.2, -0.15) is 0 Å². The summed E-state index contributed by atoms with van der Waals surface area (Å²) in [6, 6.07) is 6.03. The van der Waals surface area contributed by atoms with E-state index in [0.717, 1.165) is 54.6 Å². The van der Waals surface area contributed by atoms with Crippen LogP contribution in [0.5, 0.6) is 0 Å². The maximum absolute atomic E-state index is 13.3. The molecule has 3 aromatic heterocycles. The van der Waals surface area contributed by atoms with E-state index in [1.165, 1.54) is 11.3 Å². The molecule has 190 valence electrons. The number of carbonyl (C=O) groups is 2. The zero-order chi connectivity index (χ0) is 24.9. The average Bonchev–Trinajstić information content (AvgIpc) is 3.34. The second kappa shape index (κ2) is 11.3. The third-order valence-corrected chi connectivity index (χ3v) is 7.67. The molecule has 2 fully saturated rings. The summed E-state index contributed by atoms with van der Waals surface area (Å²) in [4.78, 5) is 39.0. The Morgan fingerprint density at radius 2 is 1.83 bits per heavy atom. The average molecular weight is 509 g/mol. The van der Waals surface area contributed by atoms with Gasteiger partial charge in [0.05, 0.1) is 16.8 Å². The molecule has 5 rings (SSSR count). The third kappa shape index (κ3) is 6.17. The number of nitrogens with zero attached hydrogens (tertiary/aromatic N) is 3. The number of fused-ring (bicyclic) bond motifs is 1. The number of pyridine rings is 2. The van der Waals surface area contributed by atoms with Gasteiger partial charge in [0, 0.05) is 44.0 Å². The first kappa shape index (κ1) is 24.6. The molecular formula is C26H32N6O3S. The number of ether oxygens (including phenoxy) is 1. The van der Waals surface area contributed by atoms with Crippen LogP contribution in [-0.2, 0) is 9.53 Å². The molecule has 3 N–H and O–H groups in total. The van der Waals surface area contributed by atoms with Crippen molar-refractivity contribution in [3.63, 3.8) is 0 Å². The molecule has 0 radical (unpaired) electrons. The number of nitrogens with one attached hydrogen (secondary N) is 3. The molecule has 0 atom stereocenters. The Morgan fingerprint density at radius 1 is 1.03 bits per heavy atom. The molecule has 9 nitrogen and oxygen atoms in total. The van der Waals surface area contributed by atoms with Gasteiger partial charge in [-0.1, -0.05) is 0 Å². The predicted octanol–water partition coefficient (Wildman–Crippen LogP) is 4.69. The topological polar surface area (TPSA) is 118 Å². The number of aromatic nitrogens is 3. The summed E-state index contributed by atoms with van der Waals surface area (Å²) in [5, 5.41) is 10.0. The lowest BCUT2D eigenvalue weighted by Gasteiger charge is -2.29. The summed E-state index contributed by atoms with van der Waals surface area (Å²) in [7, 11) is 0. The van der Waals surface area contributed by atoms with Crippen LogP contribution in [0.4, 0.5) is 17.3 Å². The number of anilines is 3. The third-order valence-electron chi connectivity index (χ3n) is 6.94. The Morgan fingerprint density at radius 3 is 2.61 bits per heavy atom. The number of hydrogen-bond donors (Lipinski definition) is 3. The predicted molar refractivity (Wildman–Crippen MR) is 141 cm³/mol. The molecule has 1 aliphatic heterocycles. The molecule has 1 aliphatic carbocycles. The number of hydrogen-bond acceptors (Lipinski definition) is 9. The van der Waals surface area contributed by atoms with Crippen LogP contribution in [0.25, 0.3) is 10.3 Å². The lowest BCUT2D eigenvalue weighted by atomic mass is 9.83. The molecule has 4 heterocycles. The number of ketones is 1. The van der Waals surface area contributed by atoms with Crippen molar-refractivity contribution in [3.05, 3.63) is 35.5 Å². The first-order chi connectivity index (χ1) is 17.5. The fraction of sp³-hybridized carbons (Fsp3) is 0.500. The summed E-state index contributed by atoms with van der Waals surface area (Å²) in [6.07, 6.45) is 7.77. The first-order valence-electron chi connectivity index (χ1n) is 12.7. The summed E-state index contributed by atoms with van der Waals surface area (Å²) in [6.45, 7) is 3.06. The van der Waals surface area contributed by atoms with Crippen LogP contribution in [0.2, 0.25) is 0 Å². The number of rotatable bonds is 8. The quantitative estimate of drug-likeness (QED) is 0.401. The van der Waals surface area contributed by atoms with Crippen molar-refractivity contribution >= 4 is 50.7 Å². The molecular weight excluding hydrogens is 476 g/mol. The first-order valence-corrected chi connectivity index (χ1v) is 13.5. The number of thiazole rings is 1. The van der Waals surface area contributed by atoms with Crippen LogP contribution < -0.4 is 16.0 Å². The fourth-order valence-corrected chi connectivity index (χ4v) is 5.68. The molecule has 0 bridgehead atoms. The fourth-order valence-electron chi connectivity index (χ4n) is 5.02. The minimum atomic E-state index is -0.122. The smallest absolute Gasteiger partial charge is 0.255 e. The Bertz CT molecular complexity index is 1220. The van der Waals surface area contributed by atoms with E-state index in [1.807, 2.05) is 18.2 Å². The van der Waals surface area contributed by atoms with E-state index in [-0.39, 0.29) is 23.8 Å². The van der Waals surface area contributed by atoms with Crippen molar-refractivity contribution in [1.82, 2.24) is 20.3 Å². The molecule has 0 aromatic carbocycles. The van der Waals surface area contributed by atoms with Gasteiger partial charge in [0.25, 0.3) is 5.91 Å². The maximum Gasteiger partial charge on any atom is 0.255 e. The summed E-state index contributed by atoms with van der Waals surface area (Å²) in [5.74, 6) is 1.85. The van der Waals surface area contributed by atoms with E-state index in [1.54, 1.807) is 18.6 Å². The molecule has 36 heavy (non-hydrogen) atoms. The van der Waals surface area contributed by atoms with Gasteiger partial charge >= 0.3 is 0 Å². The maximum atomic E-state index is 13.3. The van der Waals surface area contributed by atoms with Crippen LogP contribution in [0.3, 0.4) is 0 Å². The molecule has 0 spiro atoms. The van der Waals surface area contributed by atoms with Crippen LogP contribution >= 0.6 is 11.3 Å². The highest BCUT2D eigenvalue weighted by Crippen LogP contribution is 2.29. The zero-order valence-corrected chi connectivity index (χ0v) is 21.3. The van der Waals surface area contributed by atoms with E-state index < -0.39 is 0 Å². The molecule has 10 heteroatoms. The standard InChI is InChI=1S/C26H32N6O3S/c1-16(33)12-17-2-4-18(5-3-17)30-25(34)20-14-27-24(13-22(20)29-19-8-10-35-11-9-19)31-23-7-6-21-26(32-23)36-15-28-21/h6-7,13-15,17-19H,2-5,8-12H2,1H3,(H,30,34)(H2,27,29,31,32). The SMILES string of the molecule is CC(=O)CC1CCC(NC(=O)c2cnc(Nc3ccc4ncsc4n3)cc2NC2CCOCC2)CC1. The molecule has 1 saturated carbocycles. The second-order valence-electron chi connectivity index (χ2n) is 9.74. The number of carbonyl (C=O) groups excluding carboxylic acids is 2. The van der Waals surface area contributed by atoms with E-state index in [4.69, 9.17) is 4.74 Å². The van der Waals surface area contributed by atoms with Gasteiger partial charge in [0.15, 0.2) is 0 Å². The van der Waals surface area contributed by atoms with E-state index in [0.29, 0.717) is 42.8 Å². The van der Waals surface area contributed by atoms with Crippen molar-refractivity contribution in [1.29, 1.82) is 0 Å². The number of amides is 1. The minimum Gasteiger partial charge on any atom is -0.381 e. The highest BCUT2D eigenvalue weighted by atomic mass is 32.1. The van der Waals surface area contributed by atoms with Crippen LogP contribution in [0.15, 0.2) is 29.9 Å².